The van der Waals surface area contributed by atoms with Gasteiger partial charge in [-0.15, -0.1) is 0 Å². The van der Waals surface area contributed by atoms with Crippen molar-refractivity contribution in [1.82, 2.24) is 63.8 Å². The molecule has 18 rings (SSSR count). The summed E-state index contributed by atoms with van der Waals surface area (Å²) in [5, 5.41) is 56.4. The van der Waals surface area contributed by atoms with Gasteiger partial charge in [-0.2, -0.15) is 0 Å². The molecule has 2 aliphatic heterocycles. The van der Waals surface area contributed by atoms with Crippen LogP contribution in [0, 0.1) is 0 Å². The van der Waals surface area contributed by atoms with Gasteiger partial charge >= 0.3 is 37.7 Å². The van der Waals surface area contributed by atoms with Gasteiger partial charge in [0.25, 0.3) is 0 Å². The molecule has 0 saturated carbocycles. The average molecular weight is 1580 g/mol. The van der Waals surface area contributed by atoms with Crippen LogP contribution in [0.5, 0.6) is 0 Å². The van der Waals surface area contributed by atoms with Crippen molar-refractivity contribution in [2.45, 2.75) is 49.9 Å². The van der Waals surface area contributed by atoms with Crippen molar-refractivity contribution in [3.63, 3.8) is 0 Å². The largest absolute Gasteiger partial charge is 2.00 e. The van der Waals surface area contributed by atoms with E-state index in [0.717, 1.165) is 152 Å². The van der Waals surface area contributed by atoms with Crippen LogP contribution in [0.15, 0.2) is 218 Å². The summed E-state index contributed by atoms with van der Waals surface area (Å²) in [5.74, 6) is -7.59. The maximum Gasteiger partial charge on any atom is 2.00 e. The first kappa shape index (κ1) is 77.5. The van der Waals surface area contributed by atoms with Gasteiger partial charge in [0.1, 0.15) is 24.2 Å². The first-order valence-corrected chi connectivity index (χ1v) is 38.4. The predicted molar refractivity (Wildman–Crippen MR) is 453 cm³/mol. The van der Waals surface area contributed by atoms with Crippen molar-refractivity contribution in [1.29, 1.82) is 0 Å². The van der Waals surface area contributed by atoms with Crippen LogP contribution in [-0.2, 0) is 83.2 Å². The minimum atomic E-state index is -1.11. The minimum absolute atomic E-state index is 0. The van der Waals surface area contributed by atoms with Gasteiger partial charge in [0.05, 0.1) is 52.4 Å². The second-order valence-electron chi connectivity index (χ2n) is 29.6. The monoisotopic (exact) mass is 1580 g/mol. The Morgan fingerprint density at radius 2 is 0.350 bits per heavy atom. The Bertz CT molecular complexity index is 5870. The van der Waals surface area contributed by atoms with E-state index < -0.39 is 147 Å². The molecule has 2 fully saturated rings. The van der Waals surface area contributed by atoms with E-state index in [1.54, 1.807) is 0 Å². The summed E-state index contributed by atoms with van der Waals surface area (Å²) >= 11 is 0. The van der Waals surface area contributed by atoms with Crippen molar-refractivity contribution < 1.29 is 57.5 Å². The van der Waals surface area contributed by atoms with Crippen LogP contribution in [0.25, 0.3) is 129 Å². The molecule has 0 spiro atoms. The fourth-order valence-electron chi connectivity index (χ4n) is 16.7. The normalized spacial score (nSPS) is 18.1. The molecule has 12 amide bonds. The fraction of sp³-hybridized carbons (Fsp3) is 0.174. The van der Waals surface area contributed by atoms with Gasteiger partial charge in [0, 0.05) is 25.7 Å². The minimum Gasteiger partial charge on any atom is -0.346 e. The Morgan fingerprint density at radius 3 is 0.547 bits per heavy atom. The van der Waals surface area contributed by atoms with Crippen molar-refractivity contribution in [2.75, 3.05) is 52.4 Å². The van der Waals surface area contributed by atoms with Crippen LogP contribution in [0.1, 0.15) is 22.3 Å². The Labute approximate surface area is 697 Å². The van der Waals surface area contributed by atoms with Gasteiger partial charge in [0.15, 0.2) is 0 Å². The Hall–Kier alpha value is -13.4. The van der Waals surface area contributed by atoms with E-state index in [1.165, 1.54) is 0 Å². The smallest absolute Gasteiger partial charge is 0.346 e. The zero-order chi connectivity index (χ0) is 79.8. The zero-order valence-electron chi connectivity index (χ0n) is 63.2. The van der Waals surface area contributed by atoms with Gasteiger partial charge < -0.3 is 63.8 Å². The van der Waals surface area contributed by atoms with Crippen LogP contribution in [0.3, 0.4) is 0 Å². The third-order valence-corrected chi connectivity index (χ3v) is 22.3. The summed E-state index contributed by atoms with van der Waals surface area (Å²) in [7, 11) is 0. The summed E-state index contributed by atoms with van der Waals surface area (Å²) in [6.07, 6.45) is 0.362. The van der Waals surface area contributed by atoms with Gasteiger partial charge in [-0.3, -0.25) is 57.5 Å². The molecule has 0 bridgehead atoms. The van der Waals surface area contributed by atoms with E-state index in [1.807, 2.05) is 121 Å². The van der Waals surface area contributed by atoms with Crippen LogP contribution in [-0.4, -0.2) is 185 Å². The zero-order valence-corrected chi connectivity index (χ0v) is 65.4. The second kappa shape index (κ2) is 33.2. The van der Waals surface area contributed by atoms with E-state index >= 15 is 0 Å². The number of amides is 12. The molecule has 2 saturated heterocycles. The van der Waals surface area contributed by atoms with Crippen molar-refractivity contribution in [3.05, 3.63) is 241 Å². The first-order valence-electron chi connectivity index (χ1n) is 38.4. The number of hydrogen-bond acceptors (Lipinski definition) is 12. The standard InChI is InChI=1S/2C46H38N6O6.Ca/c2*53-37-21-49-45(57)35(19-31-13-11-29-9-7-25-3-1-5-27-15-17-33(31)43(29)41(25)27)51-39(55)23-47-38(54)22-50-46(58)36(52-40(56)24-48-37)20-32-14-12-30-10-8-26-4-2-6-28-16-18-34(32)44(30)42(26)28;/h2*1-18,35-36H,19-24H2,(H,47,54)(H,48,53)(H,49,57)(H,50,58)(H,51,55)(H,52,56);/q;;+2/t2*35-,36-;/m11./s1. The number of carbonyl (C=O) groups excluding carboxylic acids is 12. The summed E-state index contributed by atoms with van der Waals surface area (Å²) in [5.41, 5.74) is 3.21. The van der Waals surface area contributed by atoms with Crippen molar-refractivity contribution >= 4 is 238 Å². The third kappa shape index (κ3) is 16.0. The molecule has 117 heavy (non-hydrogen) atoms. The number of hydrogen-bond donors (Lipinski definition) is 12. The number of carbonyl (C=O) groups is 12. The molecule has 0 radical (unpaired) electrons. The Kier molecular flexibility index (Phi) is 22.0. The van der Waals surface area contributed by atoms with Crippen LogP contribution in [0.4, 0.5) is 0 Å². The van der Waals surface area contributed by atoms with E-state index in [2.05, 4.69) is 161 Å². The number of benzene rings is 16. The molecule has 0 aromatic heterocycles. The fourth-order valence-corrected chi connectivity index (χ4v) is 16.7. The van der Waals surface area contributed by atoms with E-state index in [-0.39, 0.29) is 63.4 Å². The topological polar surface area (TPSA) is 349 Å². The quantitative estimate of drug-likeness (QED) is 0.0538. The molecule has 12 N–H and O–H groups in total. The molecule has 576 valence electrons. The third-order valence-electron chi connectivity index (χ3n) is 22.3. The Balaban J connectivity index is 0.000000174. The molecule has 25 heteroatoms. The van der Waals surface area contributed by atoms with Gasteiger partial charge in [-0.05, 0) is 152 Å². The van der Waals surface area contributed by atoms with Crippen LogP contribution >= 0.6 is 0 Å². The summed E-state index contributed by atoms with van der Waals surface area (Å²) in [6.45, 7) is -3.78. The summed E-state index contributed by atoms with van der Waals surface area (Å²) in [4.78, 5) is 159. The van der Waals surface area contributed by atoms with E-state index in [4.69, 9.17) is 0 Å². The van der Waals surface area contributed by atoms with Gasteiger partial charge in [0.2, 0.25) is 70.9 Å². The Morgan fingerprint density at radius 1 is 0.188 bits per heavy atom. The number of rotatable bonds is 8. The van der Waals surface area contributed by atoms with Crippen LogP contribution < -0.4 is 63.8 Å². The van der Waals surface area contributed by atoms with E-state index in [9.17, 15) is 57.5 Å². The maximum atomic E-state index is 13.6. The molecular formula is C92H76CaN12O12+2. The summed E-state index contributed by atoms with van der Waals surface area (Å²) in [6, 6.07) is 68.2. The maximum absolute atomic E-state index is 13.6. The average Bonchev–Trinajstić information content (AvgIpc) is 0.758. The van der Waals surface area contributed by atoms with Crippen molar-refractivity contribution in [3.8, 4) is 0 Å². The molecule has 0 aliphatic carbocycles. The molecule has 16 aromatic carbocycles. The SMILES string of the molecule is O=C1CNC(=O)[C@@H](Cc2ccc3ccc4cccc5ccc2c3c45)NC(=O)CNC(=O)CNC(=O)[C@@H](Cc2ccc3ccc4cccc5ccc2c3c45)NC(=O)CN1.O=C1CNC(=O)[C@@H](Cc2ccc3ccc4cccc5ccc2c3c45)NC(=O)CNC(=O)CNC(=O)[C@@H](Cc2ccc3ccc4cccc5ccc2c3c45)NC(=O)CN1.[Ca+2]. The predicted octanol–water partition coefficient (Wildman–Crippen LogP) is 7.05. The molecule has 2 heterocycles. The molecule has 2 aliphatic rings. The summed E-state index contributed by atoms with van der Waals surface area (Å²) < 4.78 is 0. The first-order chi connectivity index (χ1) is 56.4. The molecule has 0 unspecified atom stereocenters. The molecule has 24 nitrogen and oxygen atoms in total. The van der Waals surface area contributed by atoms with Gasteiger partial charge in [-0.25, -0.2) is 0 Å². The number of nitrogens with one attached hydrogen (secondary N) is 12. The molecule has 16 aromatic rings. The van der Waals surface area contributed by atoms with Crippen molar-refractivity contribution in [2.24, 2.45) is 0 Å². The second-order valence-corrected chi connectivity index (χ2v) is 29.6. The van der Waals surface area contributed by atoms with Gasteiger partial charge in [-0.1, -0.05) is 218 Å². The van der Waals surface area contributed by atoms with E-state index in [0.29, 0.717) is 0 Å². The van der Waals surface area contributed by atoms with Crippen LogP contribution in [0.2, 0.25) is 0 Å². The molecule has 4 atom stereocenters. The molecular weight excluding hydrogens is 1510 g/mol.